The number of thiophene rings is 1. The Kier molecular flexibility index (Phi) is 11.6. The quantitative estimate of drug-likeness (QED) is 0.129. The van der Waals surface area contributed by atoms with Gasteiger partial charge in [0.2, 0.25) is 5.91 Å². The van der Waals surface area contributed by atoms with E-state index in [1.807, 2.05) is 67.3 Å². The van der Waals surface area contributed by atoms with Crippen LogP contribution in [0.4, 0.5) is 0 Å². The van der Waals surface area contributed by atoms with Crippen LogP contribution in [0.25, 0.3) is 22.1 Å². The van der Waals surface area contributed by atoms with Gasteiger partial charge in [0.05, 0.1) is 23.4 Å². The van der Waals surface area contributed by atoms with E-state index < -0.39 is 6.04 Å². The van der Waals surface area contributed by atoms with E-state index in [2.05, 4.69) is 48.6 Å². The van der Waals surface area contributed by atoms with Crippen molar-refractivity contribution in [3.8, 4) is 39.6 Å². The number of aliphatic imine (C=N–C) groups is 1. The summed E-state index contributed by atoms with van der Waals surface area (Å²) in [6, 6.07) is 17.9. The molecule has 0 aliphatic carbocycles. The Labute approximate surface area is 369 Å². The van der Waals surface area contributed by atoms with Crippen molar-refractivity contribution in [3.63, 3.8) is 0 Å². The summed E-state index contributed by atoms with van der Waals surface area (Å²) in [6.45, 7) is 15.4. The fourth-order valence-corrected chi connectivity index (χ4v) is 10.4. The first kappa shape index (κ1) is 41.7. The number of aromatic nitrogens is 6. The normalized spacial score (nSPS) is 17.5. The highest BCUT2D eigenvalue weighted by Gasteiger charge is 2.34. The highest BCUT2D eigenvalue weighted by molar-refractivity contribution is 7.15. The second-order valence-corrected chi connectivity index (χ2v) is 18.3. The van der Waals surface area contributed by atoms with Crippen molar-refractivity contribution in [2.24, 2.45) is 10.9 Å². The van der Waals surface area contributed by atoms with Gasteiger partial charge in [-0.05, 0) is 93.0 Å². The predicted octanol–water partition coefficient (Wildman–Crippen LogP) is 7.17. The third kappa shape index (κ3) is 8.10. The molecule has 1 amide bonds. The van der Waals surface area contributed by atoms with Crippen LogP contribution in [0.3, 0.4) is 0 Å². The van der Waals surface area contributed by atoms with E-state index >= 15 is 0 Å². The molecule has 3 aromatic carbocycles. The molecule has 9 rings (SSSR count). The van der Waals surface area contributed by atoms with Gasteiger partial charge in [-0.25, -0.2) is 4.57 Å². The number of carbonyl (C=O) groups is 1. The third-order valence-electron chi connectivity index (χ3n) is 12.7. The van der Waals surface area contributed by atoms with E-state index in [1.165, 1.54) is 21.1 Å². The second kappa shape index (κ2) is 17.3. The summed E-state index contributed by atoms with van der Waals surface area (Å²) in [6.07, 6.45) is 2.75. The highest BCUT2D eigenvalue weighted by Crippen LogP contribution is 2.41. The summed E-state index contributed by atoms with van der Waals surface area (Å²) in [5.41, 5.74) is 6.90. The Balaban J connectivity index is 0.787. The number of likely N-dealkylation sites (tertiary alicyclic amines) is 1. The third-order valence-corrected chi connectivity index (χ3v) is 14.2. The summed E-state index contributed by atoms with van der Waals surface area (Å²) in [5, 5.41) is 50.2. The Hall–Kier alpha value is -5.61. The molecule has 14 nitrogen and oxygen atoms in total. The van der Waals surface area contributed by atoms with Gasteiger partial charge in [0.1, 0.15) is 28.4 Å². The lowest BCUT2D eigenvalue weighted by molar-refractivity contribution is -0.133. The standard InChI is InChI=1S/C46H51ClN10O4S/c1-5-32-22-36(39(59)24-38(32)58)43-50-52-46(61)57(43)35-12-6-30(7-13-35)25-53-18-20-54(21-19-53)26-31-14-16-55(17-15-31)40(60)23-37-44-51-49-29(4)56(44)45-41(27(2)28(3)62-45)42(48-37)33-8-10-34(47)11-9-33/h6-13,22,24,31,37,58-59H,5,14-21,23,25-26H2,1-4H3,(H,52,61)/t37-/m1/s1. The maximum Gasteiger partial charge on any atom is 0.319 e. The number of carbonyl (C=O) groups excluding carboxylic acids is 1. The molecule has 16 heteroatoms. The van der Waals surface area contributed by atoms with Crippen LogP contribution in [0.2, 0.25) is 5.02 Å². The number of hydrogen-bond donors (Lipinski definition) is 3. The van der Waals surface area contributed by atoms with Crippen LogP contribution in [-0.4, -0.2) is 117 Å². The number of phenolic OH excluding ortho intramolecular Hbond substituents is 2. The number of aromatic hydroxyl groups is 3. The highest BCUT2D eigenvalue weighted by atomic mass is 35.5. The van der Waals surface area contributed by atoms with Gasteiger partial charge >= 0.3 is 6.01 Å². The molecule has 0 saturated carbocycles. The molecule has 2 saturated heterocycles. The van der Waals surface area contributed by atoms with Crippen LogP contribution >= 0.6 is 22.9 Å². The van der Waals surface area contributed by atoms with Crippen LogP contribution < -0.4 is 0 Å². The van der Waals surface area contributed by atoms with Crippen molar-refractivity contribution in [3.05, 3.63) is 110 Å². The van der Waals surface area contributed by atoms with E-state index in [1.54, 1.807) is 17.4 Å². The summed E-state index contributed by atoms with van der Waals surface area (Å²) in [5.74, 6) is 2.27. The smallest absolute Gasteiger partial charge is 0.319 e. The fraction of sp³-hybridized carbons (Fsp3) is 0.391. The number of aryl methyl sites for hydroxylation is 3. The van der Waals surface area contributed by atoms with Crippen LogP contribution in [0.15, 0.2) is 65.7 Å². The number of piperazine rings is 1. The van der Waals surface area contributed by atoms with Crippen molar-refractivity contribution < 1.29 is 20.1 Å². The van der Waals surface area contributed by atoms with Gasteiger partial charge < -0.3 is 25.1 Å². The van der Waals surface area contributed by atoms with Crippen molar-refractivity contribution in [1.82, 2.24) is 44.2 Å². The number of phenols is 2. The minimum Gasteiger partial charge on any atom is -0.508 e. The first-order valence-electron chi connectivity index (χ1n) is 21.3. The largest absolute Gasteiger partial charge is 0.508 e. The average Bonchev–Trinajstić information content (AvgIpc) is 3.91. The van der Waals surface area contributed by atoms with Gasteiger partial charge in [-0.15, -0.1) is 26.6 Å². The second-order valence-electron chi connectivity index (χ2n) is 16.7. The molecule has 3 N–H and O–H groups in total. The summed E-state index contributed by atoms with van der Waals surface area (Å²) in [7, 11) is 0. The van der Waals surface area contributed by atoms with Crippen LogP contribution in [0.5, 0.6) is 17.5 Å². The van der Waals surface area contributed by atoms with E-state index in [-0.39, 0.29) is 35.7 Å². The zero-order valence-corrected chi connectivity index (χ0v) is 37.0. The van der Waals surface area contributed by atoms with Crippen molar-refractivity contribution in [2.45, 2.75) is 66.0 Å². The lowest BCUT2D eigenvalue weighted by atomic mass is 9.95. The maximum absolute atomic E-state index is 14.0. The fourth-order valence-electron chi connectivity index (χ4n) is 9.07. The molecule has 6 heterocycles. The first-order chi connectivity index (χ1) is 29.9. The van der Waals surface area contributed by atoms with Gasteiger partial charge in [-0.2, -0.15) is 0 Å². The number of hydrogen-bond acceptors (Lipinski definition) is 12. The average molecular weight is 875 g/mol. The molecular formula is C46H51ClN10O4S. The topological polar surface area (TPSA) is 161 Å². The lowest BCUT2D eigenvalue weighted by Gasteiger charge is -2.39. The van der Waals surface area contributed by atoms with Crippen LogP contribution in [-0.2, 0) is 17.8 Å². The van der Waals surface area contributed by atoms with Crippen LogP contribution in [0, 0.1) is 26.7 Å². The molecule has 3 aromatic heterocycles. The van der Waals surface area contributed by atoms with Gasteiger partial charge in [0, 0.05) is 79.5 Å². The number of piperidine rings is 1. The molecule has 0 bridgehead atoms. The number of benzene rings is 3. The lowest BCUT2D eigenvalue weighted by Crippen LogP contribution is -2.48. The maximum atomic E-state index is 14.0. The first-order valence-corrected chi connectivity index (χ1v) is 22.5. The number of fused-ring (bicyclic) bond motifs is 3. The van der Waals surface area contributed by atoms with Gasteiger partial charge in [-0.1, -0.05) is 47.9 Å². The molecule has 322 valence electrons. The summed E-state index contributed by atoms with van der Waals surface area (Å²) >= 11 is 8.00. The molecule has 0 spiro atoms. The monoisotopic (exact) mass is 874 g/mol. The minimum absolute atomic E-state index is 0.0111. The Morgan fingerprint density at radius 1 is 0.823 bits per heavy atom. The zero-order valence-electron chi connectivity index (χ0n) is 35.4. The minimum atomic E-state index is -0.475. The van der Waals surface area contributed by atoms with E-state index in [0.717, 1.165) is 98.4 Å². The molecular weight excluding hydrogens is 824 g/mol. The Morgan fingerprint density at radius 3 is 2.24 bits per heavy atom. The van der Waals surface area contributed by atoms with Crippen LogP contribution in [0.1, 0.15) is 76.6 Å². The number of halogens is 1. The number of rotatable bonds is 10. The SMILES string of the molecule is CCc1cc(-c2nnc(O)n2-c2ccc(CN3CCN(CC4CCN(C(=O)C[C@H]5N=C(c6ccc(Cl)cc6)c6c(sc(C)c6C)-n6c(C)nnc65)CC4)CC3)cc2)c(O)cc1O. The van der Waals surface area contributed by atoms with Gasteiger partial charge in [-0.3, -0.25) is 19.3 Å². The van der Waals surface area contributed by atoms with Gasteiger partial charge in [0.25, 0.3) is 0 Å². The Morgan fingerprint density at radius 2 is 1.53 bits per heavy atom. The van der Waals surface area contributed by atoms with Crippen molar-refractivity contribution in [1.29, 1.82) is 0 Å². The molecule has 6 aromatic rings. The number of amides is 1. The van der Waals surface area contributed by atoms with Gasteiger partial charge in [0.15, 0.2) is 11.6 Å². The molecule has 0 unspecified atom stereocenters. The predicted molar refractivity (Wildman–Crippen MR) is 240 cm³/mol. The molecule has 0 radical (unpaired) electrons. The van der Waals surface area contributed by atoms with Crippen molar-refractivity contribution >= 4 is 34.6 Å². The molecule has 3 aliphatic heterocycles. The van der Waals surface area contributed by atoms with Crippen molar-refractivity contribution in [2.75, 3.05) is 45.8 Å². The molecule has 2 fully saturated rings. The summed E-state index contributed by atoms with van der Waals surface area (Å²) in [4.78, 5) is 27.6. The zero-order chi connectivity index (χ0) is 43.2. The van der Waals surface area contributed by atoms with E-state index in [4.69, 9.17) is 16.6 Å². The Bertz CT molecular complexity index is 2640. The summed E-state index contributed by atoms with van der Waals surface area (Å²) < 4.78 is 3.60. The number of nitrogens with zero attached hydrogens (tertiary/aromatic N) is 10. The molecule has 3 aliphatic rings. The van der Waals surface area contributed by atoms with E-state index in [9.17, 15) is 20.1 Å². The molecule has 62 heavy (non-hydrogen) atoms. The van der Waals surface area contributed by atoms with E-state index in [0.29, 0.717) is 40.0 Å². The molecule has 1 atom stereocenters.